The first-order valence-corrected chi connectivity index (χ1v) is 7.26. The number of hydrogen-bond donors (Lipinski definition) is 1. The highest BCUT2D eigenvalue weighted by Crippen LogP contribution is 2.23. The number of rotatable bonds is 8. The summed E-state index contributed by atoms with van der Waals surface area (Å²) in [5.41, 5.74) is 6.52. The van der Waals surface area contributed by atoms with Gasteiger partial charge in [0.15, 0.2) is 11.6 Å². The Morgan fingerprint density at radius 1 is 1.32 bits per heavy atom. The molecule has 2 nitrogen and oxygen atoms in total. The lowest BCUT2D eigenvalue weighted by Gasteiger charge is -2.16. The van der Waals surface area contributed by atoms with E-state index in [2.05, 4.69) is 13.8 Å². The molecule has 0 saturated carbocycles. The van der Waals surface area contributed by atoms with E-state index in [1.807, 2.05) is 13.0 Å². The second kappa shape index (κ2) is 8.16. The largest absolute Gasteiger partial charge is 0.490 e. The van der Waals surface area contributed by atoms with E-state index in [1.165, 1.54) is 18.9 Å². The topological polar surface area (TPSA) is 35.2 Å². The van der Waals surface area contributed by atoms with Crippen LogP contribution in [0.1, 0.15) is 58.1 Å². The fourth-order valence-corrected chi connectivity index (χ4v) is 2.02. The second-order valence-corrected chi connectivity index (χ2v) is 5.21. The lowest BCUT2D eigenvalue weighted by molar-refractivity contribution is 0.225. The van der Waals surface area contributed by atoms with E-state index in [4.69, 9.17) is 10.5 Å². The first kappa shape index (κ1) is 16.0. The molecule has 0 fully saturated rings. The van der Waals surface area contributed by atoms with Gasteiger partial charge in [0.1, 0.15) is 0 Å². The highest BCUT2D eigenvalue weighted by molar-refractivity contribution is 5.30. The van der Waals surface area contributed by atoms with Crippen LogP contribution in [-0.4, -0.2) is 6.61 Å². The van der Waals surface area contributed by atoms with Crippen molar-refractivity contribution in [1.82, 2.24) is 0 Å². The molecule has 0 aliphatic rings. The number of ether oxygens (including phenoxy) is 1. The van der Waals surface area contributed by atoms with Crippen molar-refractivity contribution in [2.24, 2.45) is 11.7 Å². The molecular weight excluding hydrogens is 241 g/mol. The summed E-state index contributed by atoms with van der Waals surface area (Å²) in [5.74, 6) is 0.520. The van der Waals surface area contributed by atoms with E-state index >= 15 is 0 Å². The van der Waals surface area contributed by atoms with Gasteiger partial charge in [-0.2, -0.15) is 0 Å². The second-order valence-electron chi connectivity index (χ2n) is 5.21. The molecule has 1 aromatic rings. The number of hydrogen-bond acceptors (Lipinski definition) is 2. The Labute approximate surface area is 116 Å². The van der Waals surface area contributed by atoms with Gasteiger partial charge < -0.3 is 10.5 Å². The molecule has 1 rings (SSSR count). The van der Waals surface area contributed by atoms with Crippen molar-refractivity contribution in [1.29, 1.82) is 0 Å². The Hall–Kier alpha value is -1.09. The van der Waals surface area contributed by atoms with Gasteiger partial charge in [0.05, 0.1) is 6.61 Å². The molecule has 0 bridgehead atoms. The van der Waals surface area contributed by atoms with Crippen molar-refractivity contribution >= 4 is 0 Å². The molecule has 0 amide bonds. The Kier molecular flexibility index (Phi) is 6.85. The molecule has 0 spiro atoms. The van der Waals surface area contributed by atoms with Gasteiger partial charge in [-0.15, -0.1) is 0 Å². The molecule has 0 radical (unpaired) electrons. The summed E-state index contributed by atoms with van der Waals surface area (Å²) in [7, 11) is 0. The first-order chi connectivity index (χ1) is 9.08. The van der Waals surface area contributed by atoms with Crippen LogP contribution in [0.3, 0.4) is 0 Å². The molecule has 0 saturated heterocycles. The Morgan fingerprint density at radius 3 is 2.58 bits per heavy atom. The lowest BCUT2D eigenvalue weighted by Crippen LogP contribution is -2.12. The monoisotopic (exact) mass is 267 g/mol. The van der Waals surface area contributed by atoms with E-state index in [-0.39, 0.29) is 11.9 Å². The molecule has 2 atom stereocenters. The molecule has 108 valence electrons. The van der Waals surface area contributed by atoms with Gasteiger partial charge in [0.25, 0.3) is 0 Å². The number of benzene rings is 1. The summed E-state index contributed by atoms with van der Waals surface area (Å²) < 4.78 is 19.4. The Morgan fingerprint density at radius 2 is 2.05 bits per heavy atom. The highest BCUT2D eigenvalue weighted by Gasteiger charge is 2.11. The molecule has 0 heterocycles. The quantitative estimate of drug-likeness (QED) is 0.755. The third kappa shape index (κ3) is 5.19. The van der Waals surface area contributed by atoms with Crippen molar-refractivity contribution in [3.8, 4) is 5.75 Å². The fraction of sp³-hybridized carbons (Fsp3) is 0.625. The van der Waals surface area contributed by atoms with E-state index in [9.17, 15) is 4.39 Å². The van der Waals surface area contributed by atoms with Crippen LogP contribution >= 0.6 is 0 Å². The minimum Gasteiger partial charge on any atom is -0.490 e. The molecule has 2 N–H and O–H groups in total. The molecule has 0 aromatic heterocycles. The van der Waals surface area contributed by atoms with Crippen LogP contribution < -0.4 is 10.5 Å². The molecule has 19 heavy (non-hydrogen) atoms. The van der Waals surface area contributed by atoms with Crippen LogP contribution in [0.25, 0.3) is 0 Å². The zero-order valence-electron chi connectivity index (χ0n) is 12.3. The lowest BCUT2D eigenvalue weighted by atomic mass is 10.0. The molecule has 1 unspecified atom stereocenters. The predicted molar refractivity (Wildman–Crippen MR) is 77.8 cm³/mol. The smallest absolute Gasteiger partial charge is 0.165 e. The average molecular weight is 267 g/mol. The van der Waals surface area contributed by atoms with Gasteiger partial charge in [0, 0.05) is 6.04 Å². The van der Waals surface area contributed by atoms with E-state index in [1.54, 1.807) is 6.07 Å². The maximum absolute atomic E-state index is 13.8. The zero-order chi connectivity index (χ0) is 14.3. The van der Waals surface area contributed by atoms with Crippen LogP contribution in [0, 0.1) is 11.7 Å². The van der Waals surface area contributed by atoms with Crippen molar-refractivity contribution in [2.75, 3.05) is 6.61 Å². The van der Waals surface area contributed by atoms with Crippen LogP contribution in [0.15, 0.2) is 18.2 Å². The SMILES string of the molecule is CCCCC(CC)COc1ccc([C@H](C)N)cc1F. The van der Waals surface area contributed by atoms with Crippen molar-refractivity contribution < 1.29 is 9.13 Å². The summed E-state index contributed by atoms with van der Waals surface area (Å²) in [6, 6.07) is 4.82. The third-order valence-electron chi connectivity index (χ3n) is 3.50. The van der Waals surface area contributed by atoms with Gasteiger partial charge in [-0.05, 0) is 37.0 Å². The van der Waals surface area contributed by atoms with E-state index < -0.39 is 0 Å². The Balaban J connectivity index is 2.57. The van der Waals surface area contributed by atoms with Crippen LogP contribution in [0.5, 0.6) is 5.75 Å². The number of nitrogens with two attached hydrogens (primary N) is 1. The molecule has 0 aliphatic carbocycles. The summed E-state index contributed by atoms with van der Waals surface area (Å²) in [6.07, 6.45) is 4.61. The van der Waals surface area contributed by atoms with Crippen molar-refractivity contribution in [3.05, 3.63) is 29.6 Å². The number of halogens is 1. The Bertz CT molecular complexity index is 379. The summed E-state index contributed by atoms with van der Waals surface area (Å²) in [6.45, 7) is 6.76. The van der Waals surface area contributed by atoms with Gasteiger partial charge >= 0.3 is 0 Å². The molecule has 1 aromatic carbocycles. The molecule has 3 heteroatoms. The summed E-state index contributed by atoms with van der Waals surface area (Å²) in [5, 5.41) is 0. The van der Waals surface area contributed by atoms with E-state index in [0.717, 1.165) is 18.4 Å². The predicted octanol–water partition coefficient (Wildman–Crippen LogP) is 4.44. The average Bonchev–Trinajstić information content (AvgIpc) is 2.40. The zero-order valence-corrected chi connectivity index (χ0v) is 12.3. The standard InChI is InChI=1S/C16H26FNO/c1-4-6-7-13(5-2)11-19-16-9-8-14(12(3)18)10-15(16)17/h8-10,12-13H,4-7,11,18H2,1-3H3/t12-,13?/m0/s1. The number of unbranched alkanes of at least 4 members (excludes halogenated alkanes) is 1. The fourth-order valence-electron chi connectivity index (χ4n) is 2.02. The van der Waals surface area contributed by atoms with Gasteiger partial charge in [0.2, 0.25) is 0 Å². The normalized spacial score (nSPS) is 14.2. The van der Waals surface area contributed by atoms with Crippen LogP contribution in [0.2, 0.25) is 0 Å². The molecule has 0 aliphatic heterocycles. The van der Waals surface area contributed by atoms with Crippen molar-refractivity contribution in [3.63, 3.8) is 0 Å². The highest BCUT2D eigenvalue weighted by atomic mass is 19.1. The third-order valence-corrected chi connectivity index (χ3v) is 3.50. The summed E-state index contributed by atoms with van der Waals surface area (Å²) >= 11 is 0. The van der Waals surface area contributed by atoms with Crippen LogP contribution in [0.4, 0.5) is 4.39 Å². The van der Waals surface area contributed by atoms with Gasteiger partial charge in [-0.1, -0.05) is 39.2 Å². The first-order valence-electron chi connectivity index (χ1n) is 7.26. The minimum absolute atomic E-state index is 0.156. The van der Waals surface area contributed by atoms with Gasteiger partial charge in [-0.25, -0.2) is 4.39 Å². The minimum atomic E-state index is -0.319. The summed E-state index contributed by atoms with van der Waals surface area (Å²) in [4.78, 5) is 0. The maximum Gasteiger partial charge on any atom is 0.165 e. The van der Waals surface area contributed by atoms with Crippen LogP contribution in [-0.2, 0) is 0 Å². The van der Waals surface area contributed by atoms with E-state index in [0.29, 0.717) is 18.3 Å². The maximum atomic E-state index is 13.8. The molecular formula is C16H26FNO. The van der Waals surface area contributed by atoms with Crippen molar-refractivity contribution in [2.45, 2.75) is 52.5 Å². The van der Waals surface area contributed by atoms with Gasteiger partial charge in [-0.3, -0.25) is 0 Å².